The second-order valence-electron chi connectivity index (χ2n) is 10.2. The molecule has 4 nitrogen and oxygen atoms in total. The quantitative estimate of drug-likeness (QED) is 0.210. The Morgan fingerprint density at radius 1 is 0.655 bits per heavy atom. The molecule has 0 unspecified atom stereocenters. The van der Waals surface area contributed by atoms with Crippen LogP contribution in [0.3, 0.4) is 0 Å². The second-order valence-corrected chi connectivity index (χ2v) is 11.8. The SMILES string of the molecule is CC(C)(C)CCCCCC(=O)O.CC(C)(C)CCCCCC(=O)O.CCC[CH2][SnH]. The van der Waals surface area contributed by atoms with Gasteiger partial charge in [-0.25, -0.2) is 0 Å². The molecule has 0 bridgehead atoms. The van der Waals surface area contributed by atoms with Gasteiger partial charge in [0.1, 0.15) is 0 Å². The number of carboxylic acids is 2. The molecule has 0 aliphatic carbocycles. The zero-order valence-electron chi connectivity index (χ0n) is 20.5. The average Bonchev–Trinajstić information content (AvgIpc) is 2.53. The predicted octanol–water partition coefficient (Wildman–Crippen LogP) is 7.24. The van der Waals surface area contributed by atoms with E-state index in [1.165, 1.54) is 52.6 Å². The number of unbranched alkanes of at least 4 members (excludes halogenated alkanes) is 5. The monoisotopic (exact) mass is 522 g/mol. The van der Waals surface area contributed by atoms with E-state index in [-0.39, 0.29) is 0 Å². The van der Waals surface area contributed by atoms with Gasteiger partial charge in [-0.1, -0.05) is 67.2 Å². The van der Waals surface area contributed by atoms with Gasteiger partial charge in [0.15, 0.2) is 0 Å². The summed E-state index contributed by atoms with van der Waals surface area (Å²) >= 11 is 1.45. The van der Waals surface area contributed by atoms with Gasteiger partial charge < -0.3 is 10.2 Å². The van der Waals surface area contributed by atoms with Gasteiger partial charge in [-0.05, 0) is 36.5 Å². The van der Waals surface area contributed by atoms with Gasteiger partial charge in [-0.15, -0.1) is 0 Å². The molecule has 0 saturated heterocycles. The van der Waals surface area contributed by atoms with Gasteiger partial charge in [0.25, 0.3) is 0 Å². The molecule has 2 N–H and O–H groups in total. The van der Waals surface area contributed by atoms with Gasteiger partial charge in [-0.2, -0.15) is 0 Å². The van der Waals surface area contributed by atoms with E-state index in [0.717, 1.165) is 38.5 Å². The number of carbonyl (C=O) groups is 2. The van der Waals surface area contributed by atoms with Gasteiger partial charge in [0.05, 0.1) is 0 Å². The number of carboxylic acid groups (broad SMARTS) is 2. The van der Waals surface area contributed by atoms with Crippen molar-refractivity contribution in [1.82, 2.24) is 0 Å². The average molecular weight is 521 g/mol. The van der Waals surface area contributed by atoms with E-state index in [9.17, 15) is 9.59 Å². The van der Waals surface area contributed by atoms with Crippen molar-refractivity contribution in [2.75, 3.05) is 0 Å². The first kappa shape index (κ1) is 33.4. The van der Waals surface area contributed by atoms with Crippen molar-refractivity contribution >= 4 is 34.5 Å². The molecule has 0 atom stereocenters. The molecule has 0 aliphatic rings. The van der Waals surface area contributed by atoms with Gasteiger partial charge >= 0.3 is 58.7 Å². The summed E-state index contributed by atoms with van der Waals surface area (Å²) in [5.41, 5.74) is 0.784. The Balaban J connectivity index is -0.000000380. The van der Waals surface area contributed by atoms with E-state index in [4.69, 9.17) is 10.2 Å². The third-order valence-corrected chi connectivity index (χ3v) is 5.36. The molecule has 0 spiro atoms. The van der Waals surface area contributed by atoms with Crippen LogP contribution in [0.15, 0.2) is 0 Å². The fraction of sp³-hybridized carbons (Fsp3) is 0.917. The zero-order chi connectivity index (χ0) is 23.3. The number of rotatable bonds is 12. The molecule has 0 aromatic heterocycles. The second kappa shape index (κ2) is 21.0. The number of hydrogen-bond donors (Lipinski definition) is 2. The van der Waals surface area contributed by atoms with Crippen LogP contribution in [0.1, 0.15) is 126 Å². The summed E-state index contributed by atoms with van der Waals surface area (Å²) in [4.78, 5) is 20.3. The maximum absolute atomic E-state index is 10.2. The molecule has 5 heteroatoms. The minimum absolute atomic E-state index is 0.324. The molecule has 0 fully saturated rings. The van der Waals surface area contributed by atoms with Crippen molar-refractivity contribution in [3.8, 4) is 0 Å². The van der Waals surface area contributed by atoms with E-state index in [2.05, 4.69) is 48.5 Å². The van der Waals surface area contributed by atoms with Crippen LogP contribution < -0.4 is 0 Å². The first-order chi connectivity index (χ1) is 13.2. The summed E-state index contributed by atoms with van der Waals surface area (Å²) in [5, 5.41) is 16.7. The first-order valence-electron chi connectivity index (χ1n) is 11.4. The Bertz CT molecular complexity index is 345. The van der Waals surface area contributed by atoms with Crippen LogP contribution >= 0.6 is 0 Å². The molecule has 174 valence electrons. The van der Waals surface area contributed by atoms with Crippen LogP contribution in [0.2, 0.25) is 4.44 Å². The number of aliphatic carboxylic acids is 2. The van der Waals surface area contributed by atoms with Gasteiger partial charge in [0, 0.05) is 12.8 Å². The van der Waals surface area contributed by atoms with Crippen LogP contribution in [0.5, 0.6) is 0 Å². The normalized spacial score (nSPS) is 11.0. The minimum atomic E-state index is -0.675. The van der Waals surface area contributed by atoms with E-state index in [0.29, 0.717) is 23.7 Å². The van der Waals surface area contributed by atoms with Crippen molar-refractivity contribution in [1.29, 1.82) is 0 Å². The Labute approximate surface area is 194 Å². The molecule has 0 rings (SSSR count). The predicted molar refractivity (Wildman–Crippen MR) is 127 cm³/mol. The molecule has 0 amide bonds. The summed E-state index contributed by atoms with van der Waals surface area (Å²) in [6.45, 7) is 15.5. The standard InChI is InChI=1S/2C10H20O2.C4H9.Sn.H/c2*1-10(2,3)8-6-4-5-7-9(11)12;1-3-4-2;;/h2*4-8H2,1-3H3,(H,11,12);1,3-4H2,2H3;;. The molecule has 0 aromatic rings. The van der Waals surface area contributed by atoms with Crippen molar-refractivity contribution in [3.05, 3.63) is 0 Å². The molecular weight excluding hydrogens is 471 g/mol. The Morgan fingerprint density at radius 3 is 1.17 bits per heavy atom. The van der Waals surface area contributed by atoms with Crippen molar-refractivity contribution in [2.24, 2.45) is 10.8 Å². The molecule has 0 heterocycles. The van der Waals surface area contributed by atoms with Crippen molar-refractivity contribution in [3.63, 3.8) is 0 Å². The fourth-order valence-electron chi connectivity index (χ4n) is 2.42. The van der Waals surface area contributed by atoms with E-state index in [1.54, 1.807) is 0 Å². The van der Waals surface area contributed by atoms with Gasteiger partial charge in [-0.3, -0.25) is 9.59 Å². The first-order valence-corrected chi connectivity index (χ1v) is 13.7. The van der Waals surface area contributed by atoms with E-state index >= 15 is 0 Å². The topological polar surface area (TPSA) is 74.6 Å². The molecular formula is C24H50O4Sn. The number of hydrogen-bond acceptors (Lipinski definition) is 2. The van der Waals surface area contributed by atoms with Crippen LogP contribution in [0.25, 0.3) is 0 Å². The van der Waals surface area contributed by atoms with Crippen LogP contribution in [-0.4, -0.2) is 44.7 Å². The Kier molecular flexibility index (Phi) is 24.2. The Morgan fingerprint density at radius 2 is 1.00 bits per heavy atom. The molecule has 2 radical (unpaired) electrons. The fourth-order valence-corrected chi connectivity index (χ4v) is 3.59. The van der Waals surface area contributed by atoms with Crippen molar-refractivity contribution in [2.45, 2.75) is 130 Å². The van der Waals surface area contributed by atoms with Crippen LogP contribution in [0, 0.1) is 10.8 Å². The summed E-state index contributed by atoms with van der Waals surface area (Å²) < 4.78 is 1.47. The summed E-state index contributed by atoms with van der Waals surface area (Å²) in [6.07, 6.45) is 11.9. The summed E-state index contributed by atoms with van der Waals surface area (Å²) in [6, 6.07) is 0. The van der Waals surface area contributed by atoms with Crippen LogP contribution in [-0.2, 0) is 9.59 Å². The Hall–Kier alpha value is -0.261. The van der Waals surface area contributed by atoms with E-state index < -0.39 is 11.9 Å². The van der Waals surface area contributed by atoms with Crippen LogP contribution in [0.4, 0.5) is 0 Å². The van der Waals surface area contributed by atoms with E-state index in [1.807, 2.05) is 0 Å². The molecule has 0 saturated carbocycles. The zero-order valence-corrected chi connectivity index (χ0v) is 23.8. The summed E-state index contributed by atoms with van der Waals surface area (Å²) in [5.74, 6) is -1.35. The third kappa shape index (κ3) is 47.2. The third-order valence-electron chi connectivity index (χ3n) is 4.19. The summed E-state index contributed by atoms with van der Waals surface area (Å²) in [7, 11) is 0. The molecule has 0 aromatic carbocycles. The molecule has 0 aliphatic heterocycles. The molecule has 29 heavy (non-hydrogen) atoms. The van der Waals surface area contributed by atoms with Gasteiger partial charge in [0.2, 0.25) is 0 Å². The maximum atomic E-state index is 10.2. The van der Waals surface area contributed by atoms with Crippen molar-refractivity contribution < 1.29 is 19.8 Å².